The SMILES string of the molecule is CC(=O)c1ccc(NCC(=O)NCCc2ccc(S(N)(=O)=O)cc2)cc1. The van der Waals surface area contributed by atoms with E-state index < -0.39 is 10.0 Å². The predicted octanol–water partition coefficient (Wildman–Crippen LogP) is 1.31. The third-order valence-corrected chi connectivity index (χ3v) is 4.66. The predicted molar refractivity (Wildman–Crippen MR) is 99.5 cm³/mol. The number of rotatable bonds is 8. The van der Waals surface area contributed by atoms with Crippen molar-refractivity contribution in [2.45, 2.75) is 18.2 Å². The largest absolute Gasteiger partial charge is 0.376 e. The molecular formula is C18H21N3O4S. The number of benzene rings is 2. The van der Waals surface area contributed by atoms with Crippen molar-refractivity contribution in [1.82, 2.24) is 5.32 Å². The maximum absolute atomic E-state index is 11.8. The highest BCUT2D eigenvalue weighted by molar-refractivity contribution is 7.89. The van der Waals surface area contributed by atoms with Gasteiger partial charge < -0.3 is 10.6 Å². The van der Waals surface area contributed by atoms with Gasteiger partial charge in [-0.15, -0.1) is 0 Å². The summed E-state index contributed by atoms with van der Waals surface area (Å²) in [6, 6.07) is 13.1. The monoisotopic (exact) mass is 375 g/mol. The van der Waals surface area contributed by atoms with Crippen LogP contribution in [0.25, 0.3) is 0 Å². The van der Waals surface area contributed by atoms with E-state index in [0.717, 1.165) is 11.3 Å². The number of ketones is 1. The summed E-state index contributed by atoms with van der Waals surface area (Å²) in [7, 11) is -3.69. The van der Waals surface area contributed by atoms with Crippen LogP contribution in [0.15, 0.2) is 53.4 Å². The van der Waals surface area contributed by atoms with Gasteiger partial charge in [-0.2, -0.15) is 0 Å². The number of hydrogen-bond acceptors (Lipinski definition) is 5. The Balaban J connectivity index is 1.74. The number of Topliss-reactive ketones (excluding diaryl/α,β-unsaturated/α-hetero) is 1. The Morgan fingerprint density at radius 2 is 1.62 bits per heavy atom. The Labute approximate surface area is 152 Å². The summed E-state index contributed by atoms with van der Waals surface area (Å²) in [6.07, 6.45) is 0.573. The van der Waals surface area contributed by atoms with E-state index in [-0.39, 0.29) is 23.1 Å². The molecule has 1 amide bonds. The first-order chi connectivity index (χ1) is 12.3. The second-order valence-corrected chi connectivity index (χ2v) is 7.34. The molecule has 2 aromatic rings. The molecule has 0 aliphatic rings. The van der Waals surface area contributed by atoms with Crippen LogP contribution in [0.1, 0.15) is 22.8 Å². The fourth-order valence-electron chi connectivity index (χ4n) is 2.26. The molecule has 0 spiro atoms. The number of nitrogens with one attached hydrogen (secondary N) is 2. The first kappa shape index (κ1) is 19.6. The van der Waals surface area contributed by atoms with Gasteiger partial charge >= 0.3 is 0 Å². The molecule has 0 radical (unpaired) electrons. The minimum Gasteiger partial charge on any atom is -0.376 e. The Kier molecular flexibility index (Phi) is 6.48. The van der Waals surface area contributed by atoms with Crippen molar-refractivity contribution in [3.63, 3.8) is 0 Å². The van der Waals surface area contributed by atoms with E-state index in [2.05, 4.69) is 10.6 Å². The maximum atomic E-state index is 11.8. The summed E-state index contributed by atoms with van der Waals surface area (Å²) in [6.45, 7) is 2.04. The third-order valence-electron chi connectivity index (χ3n) is 3.73. The Morgan fingerprint density at radius 3 is 2.15 bits per heavy atom. The number of carbonyl (C=O) groups is 2. The lowest BCUT2D eigenvalue weighted by molar-refractivity contribution is -0.119. The fraction of sp³-hybridized carbons (Fsp3) is 0.222. The summed E-state index contributed by atoms with van der Waals surface area (Å²) in [5.74, 6) is -0.173. The minimum atomic E-state index is -3.69. The van der Waals surface area contributed by atoms with Gasteiger partial charge in [-0.05, 0) is 55.3 Å². The van der Waals surface area contributed by atoms with Gasteiger partial charge in [-0.25, -0.2) is 13.6 Å². The second-order valence-electron chi connectivity index (χ2n) is 5.78. The molecule has 0 saturated carbocycles. The Bertz CT molecular complexity index is 876. The van der Waals surface area contributed by atoms with Gasteiger partial charge in [0.2, 0.25) is 15.9 Å². The van der Waals surface area contributed by atoms with Crippen LogP contribution in [0.5, 0.6) is 0 Å². The fourth-order valence-corrected chi connectivity index (χ4v) is 2.78. The second kappa shape index (κ2) is 8.59. The Morgan fingerprint density at radius 1 is 1.00 bits per heavy atom. The van der Waals surface area contributed by atoms with Crippen molar-refractivity contribution in [1.29, 1.82) is 0 Å². The molecule has 8 heteroatoms. The van der Waals surface area contributed by atoms with E-state index in [4.69, 9.17) is 5.14 Å². The first-order valence-corrected chi connectivity index (χ1v) is 9.53. The molecule has 0 atom stereocenters. The molecule has 4 N–H and O–H groups in total. The van der Waals surface area contributed by atoms with Crippen LogP contribution in [0.3, 0.4) is 0 Å². The normalized spacial score (nSPS) is 11.0. The van der Waals surface area contributed by atoms with Crippen molar-refractivity contribution in [2.75, 3.05) is 18.4 Å². The van der Waals surface area contributed by atoms with Gasteiger partial charge in [-0.1, -0.05) is 12.1 Å². The summed E-state index contributed by atoms with van der Waals surface area (Å²) in [4.78, 5) is 23.1. The summed E-state index contributed by atoms with van der Waals surface area (Å²) in [5, 5.41) is 10.8. The molecule has 0 aliphatic heterocycles. The van der Waals surface area contributed by atoms with Gasteiger partial charge in [0, 0.05) is 17.8 Å². The standard InChI is InChI=1S/C18H21N3O4S/c1-13(22)15-4-6-16(7-5-15)21-12-18(23)20-11-10-14-2-8-17(9-3-14)26(19,24)25/h2-9,21H,10-12H2,1H3,(H,20,23)(H2,19,24,25). The van der Waals surface area contributed by atoms with E-state index in [0.29, 0.717) is 18.5 Å². The van der Waals surface area contributed by atoms with E-state index in [1.165, 1.54) is 19.1 Å². The highest BCUT2D eigenvalue weighted by Crippen LogP contribution is 2.10. The molecule has 138 valence electrons. The maximum Gasteiger partial charge on any atom is 0.239 e. The average molecular weight is 375 g/mol. The van der Waals surface area contributed by atoms with Crippen LogP contribution in [-0.4, -0.2) is 33.2 Å². The molecule has 0 saturated heterocycles. The molecule has 0 bridgehead atoms. The van der Waals surface area contributed by atoms with Gasteiger partial charge in [0.05, 0.1) is 11.4 Å². The number of anilines is 1. The van der Waals surface area contributed by atoms with Crippen LogP contribution in [0.4, 0.5) is 5.69 Å². The van der Waals surface area contributed by atoms with Crippen LogP contribution in [0.2, 0.25) is 0 Å². The van der Waals surface area contributed by atoms with E-state index in [9.17, 15) is 18.0 Å². The molecule has 26 heavy (non-hydrogen) atoms. The molecule has 0 unspecified atom stereocenters. The van der Waals surface area contributed by atoms with E-state index in [1.807, 2.05) is 0 Å². The topological polar surface area (TPSA) is 118 Å². The number of carbonyl (C=O) groups excluding carboxylic acids is 2. The molecule has 0 fully saturated rings. The Hall–Kier alpha value is -2.71. The molecule has 7 nitrogen and oxygen atoms in total. The first-order valence-electron chi connectivity index (χ1n) is 7.99. The van der Waals surface area contributed by atoms with Crippen LogP contribution < -0.4 is 15.8 Å². The lowest BCUT2D eigenvalue weighted by Crippen LogP contribution is -2.31. The van der Waals surface area contributed by atoms with Crippen LogP contribution >= 0.6 is 0 Å². The third kappa shape index (κ3) is 5.98. The zero-order chi connectivity index (χ0) is 19.2. The van der Waals surface area contributed by atoms with Gasteiger partial charge in [0.1, 0.15) is 0 Å². The van der Waals surface area contributed by atoms with Crippen molar-refractivity contribution in [3.8, 4) is 0 Å². The quantitative estimate of drug-likeness (QED) is 0.601. The van der Waals surface area contributed by atoms with E-state index >= 15 is 0 Å². The lowest BCUT2D eigenvalue weighted by Gasteiger charge is -2.08. The number of nitrogens with two attached hydrogens (primary N) is 1. The number of amides is 1. The summed E-state index contributed by atoms with van der Waals surface area (Å²) >= 11 is 0. The molecule has 0 heterocycles. The van der Waals surface area contributed by atoms with Crippen molar-refractivity contribution >= 4 is 27.4 Å². The smallest absolute Gasteiger partial charge is 0.239 e. The zero-order valence-corrected chi connectivity index (χ0v) is 15.2. The van der Waals surface area contributed by atoms with Gasteiger partial charge in [-0.3, -0.25) is 9.59 Å². The lowest BCUT2D eigenvalue weighted by atomic mass is 10.1. The summed E-state index contributed by atoms with van der Waals surface area (Å²) < 4.78 is 22.4. The van der Waals surface area contributed by atoms with Crippen molar-refractivity contribution < 1.29 is 18.0 Å². The van der Waals surface area contributed by atoms with Gasteiger partial charge in [0.15, 0.2) is 5.78 Å². The molecule has 0 aliphatic carbocycles. The molecule has 2 rings (SSSR count). The highest BCUT2D eigenvalue weighted by atomic mass is 32.2. The van der Waals surface area contributed by atoms with Gasteiger partial charge in [0.25, 0.3) is 0 Å². The molecular weight excluding hydrogens is 354 g/mol. The van der Waals surface area contributed by atoms with Crippen LogP contribution in [0, 0.1) is 0 Å². The van der Waals surface area contributed by atoms with Crippen LogP contribution in [-0.2, 0) is 21.2 Å². The molecule has 2 aromatic carbocycles. The zero-order valence-electron chi connectivity index (χ0n) is 14.4. The van der Waals surface area contributed by atoms with Crippen molar-refractivity contribution in [3.05, 3.63) is 59.7 Å². The summed E-state index contributed by atoms with van der Waals surface area (Å²) in [5.41, 5.74) is 2.27. The van der Waals surface area contributed by atoms with E-state index in [1.54, 1.807) is 36.4 Å². The number of sulfonamides is 1. The van der Waals surface area contributed by atoms with Crippen molar-refractivity contribution in [2.24, 2.45) is 5.14 Å². The number of primary sulfonamides is 1. The highest BCUT2D eigenvalue weighted by Gasteiger charge is 2.07. The number of hydrogen-bond donors (Lipinski definition) is 3. The molecule has 0 aromatic heterocycles. The minimum absolute atomic E-state index is 0.00797. The average Bonchev–Trinajstić information content (AvgIpc) is 2.60.